The molecule has 0 aromatic carbocycles. The van der Waals surface area contributed by atoms with Crippen LogP contribution in [0.25, 0.3) is 0 Å². The van der Waals surface area contributed by atoms with E-state index in [2.05, 4.69) is 9.97 Å². The quantitative estimate of drug-likeness (QED) is 0.632. The minimum Gasteiger partial charge on any atom is -0.451 e. The molecule has 94 valence electrons. The Kier molecular flexibility index (Phi) is 3.67. The molecule has 0 unspecified atom stereocenters. The molecule has 1 saturated heterocycles. The van der Waals surface area contributed by atoms with Crippen LogP contribution < -0.4 is 10.5 Å². The summed E-state index contributed by atoms with van der Waals surface area (Å²) in [5.41, 5.74) is 5.50. The highest BCUT2D eigenvalue weighted by Crippen LogP contribution is 2.27. The Balaban J connectivity index is 1.73. The first-order valence-electron chi connectivity index (χ1n) is 5.00. The van der Waals surface area contributed by atoms with Crippen LogP contribution in [0, 0.1) is 0 Å². The zero-order valence-corrected chi connectivity index (χ0v) is 10.4. The summed E-state index contributed by atoms with van der Waals surface area (Å²) in [6.07, 6.45) is 1.54. The Hall–Kier alpha value is -1.09. The molecule has 1 fully saturated rings. The third-order valence-corrected chi connectivity index (χ3v) is 2.57. The first-order valence-corrected chi connectivity index (χ1v) is 5.94. The van der Waals surface area contributed by atoms with Crippen molar-refractivity contribution in [3.63, 3.8) is 0 Å². The van der Waals surface area contributed by atoms with Crippen molar-refractivity contribution in [2.45, 2.75) is 19.6 Å². The smallest absolute Gasteiger partial charge is 0.319 e. The van der Waals surface area contributed by atoms with Crippen LogP contribution >= 0.6 is 11.9 Å². The molecule has 1 aromatic heterocycles. The van der Waals surface area contributed by atoms with Gasteiger partial charge in [0.2, 0.25) is 0 Å². The fraction of sp³-hybridized carbons (Fsp3) is 0.556. The average molecular weight is 258 g/mol. The molecule has 0 bridgehead atoms. The molecule has 17 heavy (non-hydrogen) atoms. The maximum absolute atomic E-state index is 5.50. The van der Waals surface area contributed by atoms with Crippen molar-refractivity contribution in [1.29, 1.82) is 0 Å². The highest BCUT2D eigenvalue weighted by Gasteiger charge is 2.32. The number of ether oxygens (including phenoxy) is 2. The Labute approximate surface area is 103 Å². The SMILES string of the molecule is CC1(C)OCN(SCOc2nccc(N)n2)O1. The van der Waals surface area contributed by atoms with Gasteiger partial charge in [-0.15, -0.1) is 0 Å². The van der Waals surface area contributed by atoms with Crippen LogP contribution in [-0.4, -0.2) is 32.9 Å². The molecule has 0 atom stereocenters. The van der Waals surface area contributed by atoms with Gasteiger partial charge in [-0.1, -0.05) is 4.47 Å². The van der Waals surface area contributed by atoms with Crippen molar-refractivity contribution in [3.05, 3.63) is 12.3 Å². The molecule has 0 spiro atoms. The van der Waals surface area contributed by atoms with E-state index in [0.717, 1.165) is 0 Å². The number of hydrogen-bond donors (Lipinski definition) is 1. The molecule has 0 aliphatic carbocycles. The van der Waals surface area contributed by atoms with Gasteiger partial charge in [0.25, 0.3) is 0 Å². The molecule has 2 heterocycles. The second-order valence-electron chi connectivity index (χ2n) is 3.75. The number of nitrogen functional groups attached to an aromatic ring is 1. The van der Waals surface area contributed by atoms with E-state index in [4.69, 9.17) is 20.0 Å². The Morgan fingerprint density at radius 1 is 1.65 bits per heavy atom. The van der Waals surface area contributed by atoms with Gasteiger partial charge in [0, 0.05) is 6.20 Å². The van der Waals surface area contributed by atoms with Crippen molar-refractivity contribution in [3.8, 4) is 6.01 Å². The van der Waals surface area contributed by atoms with Crippen LogP contribution in [0.1, 0.15) is 13.8 Å². The van der Waals surface area contributed by atoms with Crippen LogP contribution in [0.2, 0.25) is 0 Å². The van der Waals surface area contributed by atoms with Gasteiger partial charge in [-0.05, 0) is 31.9 Å². The molecular weight excluding hydrogens is 244 g/mol. The van der Waals surface area contributed by atoms with E-state index >= 15 is 0 Å². The summed E-state index contributed by atoms with van der Waals surface area (Å²) in [6.45, 7) is 4.07. The van der Waals surface area contributed by atoms with Gasteiger partial charge in [-0.3, -0.25) is 4.84 Å². The first kappa shape index (κ1) is 12.4. The zero-order chi connectivity index (χ0) is 12.3. The Morgan fingerprint density at radius 2 is 2.47 bits per heavy atom. The molecule has 0 radical (unpaired) electrons. The Bertz CT molecular complexity index is 390. The molecular formula is C9H14N4O3S. The second-order valence-corrected chi connectivity index (χ2v) is 4.65. The van der Waals surface area contributed by atoms with Crippen LogP contribution in [0.5, 0.6) is 6.01 Å². The number of aromatic nitrogens is 2. The molecule has 0 saturated carbocycles. The molecule has 2 N–H and O–H groups in total. The topological polar surface area (TPSA) is 82.7 Å². The minimum absolute atomic E-state index is 0.247. The zero-order valence-electron chi connectivity index (χ0n) is 9.62. The fourth-order valence-electron chi connectivity index (χ4n) is 1.13. The van der Waals surface area contributed by atoms with E-state index in [1.54, 1.807) is 16.7 Å². The van der Waals surface area contributed by atoms with Crippen molar-refractivity contribution >= 4 is 17.8 Å². The number of hydrogen-bond acceptors (Lipinski definition) is 8. The summed E-state index contributed by atoms with van der Waals surface area (Å²) in [5.74, 6) is 0.116. The summed E-state index contributed by atoms with van der Waals surface area (Å²) < 4.78 is 12.3. The van der Waals surface area contributed by atoms with Gasteiger partial charge in [-0.25, -0.2) is 4.98 Å². The normalized spacial score (nSPS) is 19.4. The molecule has 1 aliphatic rings. The maximum Gasteiger partial charge on any atom is 0.319 e. The molecule has 1 aromatic rings. The van der Waals surface area contributed by atoms with E-state index in [-0.39, 0.29) is 6.01 Å². The Morgan fingerprint density at radius 3 is 3.12 bits per heavy atom. The first-order chi connectivity index (χ1) is 8.05. The molecule has 1 aliphatic heterocycles. The predicted molar refractivity (Wildman–Crippen MR) is 62.5 cm³/mol. The highest BCUT2D eigenvalue weighted by molar-refractivity contribution is 7.96. The van der Waals surface area contributed by atoms with Gasteiger partial charge in [0.1, 0.15) is 12.5 Å². The van der Waals surface area contributed by atoms with E-state index in [1.165, 1.54) is 11.9 Å². The lowest BCUT2D eigenvalue weighted by molar-refractivity contribution is -0.177. The number of anilines is 1. The largest absolute Gasteiger partial charge is 0.451 e. The van der Waals surface area contributed by atoms with Gasteiger partial charge in [0.15, 0.2) is 11.7 Å². The fourth-order valence-corrected chi connectivity index (χ4v) is 1.77. The maximum atomic E-state index is 5.50. The lowest BCUT2D eigenvalue weighted by Crippen LogP contribution is -2.21. The summed E-state index contributed by atoms with van der Waals surface area (Å²) in [6, 6.07) is 1.84. The summed E-state index contributed by atoms with van der Waals surface area (Å²) in [7, 11) is 0. The van der Waals surface area contributed by atoms with E-state index in [9.17, 15) is 0 Å². The van der Waals surface area contributed by atoms with Crippen molar-refractivity contribution in [2.24, 2.45) is 0 Å². The van der Waals surface area contributed by atoms with Gasteiger partial charge in [-0.2, -0.15) is 4.98 Å². The average Bonchev–Trinajstić information content (AvgIpc) is 2.58. The molecule has 7 nitrogen and oxygen atoms in total. The molecule has 8 heteroatoms. The van der Waals surface area contributed by atoms with Crippen LogP contribution in [0.3, 0.4) is 0 Å². The minimum atomic E-state index is -0.583. The van der Waals surface area contributed by atoms with Gasteiger partial charge < -0.3 is 15.2 Å². The third-order valence-electron chi connectivity index (χ3n) is 1.88. The lowest BCUT2D eigenvalue weighted by Gasteiger charge is -2.16. The van der Waals surface area contributed by atoms with Crippen LogP contribution in [0.4, 0.5) is 5.82 Å². The van der Waals surface area contributed by atoms with E-state index < -0.39 is 5.79 Å². The number of hydroxylamine groups is 1. The number of rotatable bonds is 4. The summed E-state index contributed by atoms with van der Waals surface area (Å²) in [5, 5.41) is 0. The lowest BCUT2D eigenvalue weighted by atomic mass is 10.4. The molecule has 0 amide bonds. The van der Waals surface area contributed by atoms with Crippen LogP contribution in [-0.2, 0) is 9.57 Å². The van der Waals surface area contributed by atoms with Crippen molar-refractivity contribution in [1.82, 2.24) is 14.4 Å². The van der Waals surface area contributed by atoms with E-state index in [1.807, 2.05) is 13.8 Å². The van der Waals surface area contributed by atoms with E-state index in [0.29, 0.717) is 18.5 Å². The second kappa shape index (κ2) is 5.05. The van der Waals surface area contributed by atoms with Gasteiger partial charge >= 0.3 is 6.01 Å². The van der Waals surface area contributed by atoms with Crippen molar-refractivity contribution in [2.75, 3.05) is 18.4 Å². The standard InChI is InChI=1S/C9H14N4O3S/c1-9(2)15-5-13(16-9)17-6-14-8-11-4-3-7(10)12-8/h3-4H,5-6H2,1-2H3,(H2,10,11,12). The highest BCUT2D eigenvalue weighted by atomic mass is 32.2. The summed E-state index contributed by atoms with van der Waals surface area (Å²) >= 11 is 1.33. The van der Waals surface area contributed by atoms with Crippen molar-refractivity contribution < 1.29 is 14.3 Å². The monoisotopic (exact) mass is 258 g/mol. The van der Waals surface area contributed by atoms with Crippen LogP contribution in [0.15, 0.2) is 12.3 Å². The number of nitrogens with zero attached hydrogens (tertiary/aromatic N) is 3. The molecule has 2 rings (SSSR count). The predicted octanol–water partition coefficient (Wildman–Crippen LogP) is 1.00. The summed E-state index contributed by atoms with van der Waals surface area (Å²) in [4.78, 5) is 13.3. The number of nitrogens with two attached hydrogens (primary N) is 1. The third kappa shape index (κ3) is 3.70. The van der Waals surface area contributed by atoms with Gasteiger partial charge in [0.05, 0.1) is 0 Å².